The van der Waals surface area contributed by atoms with Gasteiger partial charge in [0.05, 0.1) is 11.1 Å². The minimum Gasteiger partial charge on any atom is -0.349 e. The second-order valence-electron chi connectivity index (χ2n) is 5.21. The molecule has 2 atom stereocenters. The van der Waals surface area contributed by atoms with Crippen molar-refractivity contribution in [2.45, 2.75) is 6.04 Å². The average molecular weight is 291 g/mol. The Labute approximate surface area is 122 Å². The number of benzene rings is 1. The molecule has 1 saturated heterocycles. The quantitative estimate of drug-likeness (QED) is 0.866. The van der Waals surface area contributed by atoms with Crippen molar-refractivity contribution in [1.29, 1.82) is 0 Å². The summed E-state index contributed by atoms with van der Waals surface area (Å²) in [5, 5.41) is 6.44. The fourth-order valence-electron chi connectivity index (χ4n) is 3.04. The zero-order valence-corrected chi connectivity index (χ0v) is 11.6. The SMILES string of the molecule is Cl.O=C(NC1C2CNCC21)c1cccc2nccnc12. The van der Waals surface area contributed by atoms with Crippen LogP contribution in [-0.2, 0) is 0 Å². The van der Waals surface area contributed by atoms with Crippen molar-refractivity contribution < 1.29 is 4.79 Å². The van der Waals surface area contributed by atoms with Crippen LogP contribution in [0.1, 0.15) is 10.4 Å². The number of piperidine rings is 1. The summed E-state index contributed by atoms with van der Waals surface area (Å²) in [6, 6.07) is 5.86. The molecule has 104 valence electrons. The normalized spacial score (nSPS) is 26.7. The molecule has 0 bridgehead atoms. The molecule has 1 aromatic heterocycles. The van der Waals surface area contributed by atoms with Crippen molar-refractivity contribution in [3.05, 3.63) is 36.2 Å². The summed E-state index contributed by atoms with van der Waals surface area (Å²) in [6.45, 7) is 2.04. The summed E-state index contributed by atoms with van der Waals surface area (Å²) in [4.78, 5) is 20.8. The minimum atomic E-state index is -0.0366. The van der Waals surface area contributed by atoms with Crippen LogP contribution in [0.5, 0.6) is 0 Å². The Morgan fingerprint density at radius 2 is 1.95 bits per heavy atom. The van der Waals surface area contributed by atoms with Gasteiger partial charge in [0, 0.05) is 31.5 Å². The van der Waals surface area contributed by atoms with Crippen molar-refractivity contribution in [1.82, 2.24) is 20.6 Å². The van der Waals surface area contributed by atoms with E-state index in [0.29, 0.717) is 29.0 Å². The molecule has 0 spiro atoms. The number of para-hydroxylation sites is 1. The number of halogens is 1. The lowest BCUT2D eigenvalue weighted by Gasteiger charge is -2.09. The molecule has 2 N–H and O–H groups in total. The van der Waals surface area contributed by atoms with Gasteiger partial charge < -0.3 is 10.6 Å². The maximum Gasteiger partial charge on any atom is 0.253 e. The van der Waals surface area contributed by atoms with E-state index in [1.165, 1.54) is 0 Å². The van der Waals surface area contributed by atoms with Gasteiger partial charge >= 0.3 is 0 Å². The van der Waals surface area contributed by atoms with Gasteiger partial charge in [-0.1, -0.05) is 6.07 Å². The van der Waals surface area contributed by atoms with E-state index in [-0.39, 0.29) is 18.3 Å². The van der Waals surface area contributed by atoms with Gasteiger partial charge in [-0.2, -0.15) is 0 Å². The minimum absolute atomic E-state index is 0. The fraction of sp³-hybridized carbons (Fsp3) is 0.357. The van der Waals surface area contributed by atoms with E-state index in [0.717, 1.165) is 18.6 Å². The number of amides is 1. The predicted octanol–water partition coefficient (Wildman–Crippen LogP) is 0.999. The highest BCUT2D eigenvalue weighted by Gasteiger charge is 2.53. The number of fused-ring (bicyclic) bond motifs is 2. The van der Waals surface area contributed by atoms with Gasteiger partial charge in [-0.05, 0) is 24.0 Å². The Balaban J connectivity index is 0.00000121. The number of nitrogens with zero attached hydrogens (tertiary/aromatic N) is 2. The summed E-state index contributed by atoms with van der Waals surface area (Å²) < 4.78 is 0. The van der Waals surface area contributed by atoms with Crippen LogP contribution in [0.2, 0.25) is 0 Å². The van der Waals surface area contributed by atoms with Crippen molar-refractivity contribution in [2.24, 2.45) is 11.8 Å². The molecule has 5 nitrogen and oxygen atoms in total. The highest BCUT2D eigenvalue weighted by molar-refractivity contribution is 6.04. The smallest absolute Gasteiger partial charge is 0.253 e. The van der Waals surface area contributed by atoms with Crippen LogP contribution in [0.25, 0.3) is 11.0 Å². The number of aromatic nitrogens is 2. The number of carbonyl (C=O) groups is 1. The van der Waals surface area contributed by atoms with Gasteiger partial charge in [0.25, 0.3) is 5.91 Å². The summed E-state index contributed by atoms with van der Waals surface area (Å²) in [5.74, 6) is 1.19. The summed E-state index contributed by atoms with van der Waals surface area (Å²) in [7, 11) is 0. The molecule has 20 heavy (non-hydrogen) atoms. The Kier molecular flexibility index (Phi) is 3.31. The second-order valence-corrected chi connectivity index (χ2v) is 5.21. The van der Waals surface area contributed by atoms with Crippen molar-refractivity contribution in [2.75, 3.05) is 13.1 Å². The second kappa shape index (κ2) is 5.00. The van der Waals surface area contributed by atoms with Gasteiger partial charge in [0.1, 0.15) is 5.52 Å². The maximum absolute atomic E-state index is 12.3. The number of rotatable bonds is 2. The van der Waals surface area contributed by atoms with E-state index in [9.17, 15) is 4.79 Å². The summed E-state index contributed by atoms with van der Waals surface area (Å²) >= 11 is 0. The van der Waals surface area contributed by atoms with Gasteiger partial charge in [-0.25, -0.2) is 0 Å². The lowest BCUT2D eigenvalue weighted by molar-refractivity contribution is 0.0948. The first-order valence-corrected chi connectivity index (χ1v) is 6.56. The molecule has 1 amide bonds. The van der Waals surface area contributed by atoms with E-state index in [4.69, 9.17) is 0 Å². The molecule has 1 saturated carbocycles. The first-order chi connectivity index (χ1) is 9.34. The van der Waals surface area contributed by atoms with E-state index in [1.807, 2.05) is 18.2 Å². The van der Waals surface area contributed by atoms with E-state index in [2.05, 4.69) is 20.6 Å². The van der Waals surface area contributed by atoms with Crippen LogP contribution >= 0.6 is 12.4 Å². The van der Waals surface area contributed by atoms with Crippen molar-refractivity contribution in [3.8, 4) is 0 Å². The maximum atomic E-state index is 12.3. The molecular formula is C14H15ClN4O. The van der Waals surface area contributed by atoms with E-state index in [1.54, 1.807) is 12.4 Å². The zero-order valence-electron chi connectivity index (χ0n) is 10.7. The largest absolute Gasteiger partial charge is 0.349 e. The molecule has 2 aliphatic rings. The molecule has 4 rings (SSSR count). The number of hydrogen-bond donors (Lipinski definition) is 2. The standard InChI is InChI=1S/C14H14N4O.ClH/c19-14(18-12-9-6-15-7-10(9)12)8-2-1-3-11-13(8)17-5-4-16-11;/h1-5,9-10,12,15H,6-7H2,(H,18,19);1H. The van der Waals surface area contributed by atoms with Crippen LogP contribution in [0.4, 0.5) is 0 Å². The summed E-state index contributed by atoms with van der Waals surface area (Å²) in [6.07, 6.45) is 3.26. The molecule has 1 aromatic carbocycles. The van der Waals surface area contributed by atoms with Crippen LogP contribution in [0, 0.1) is 11.8 Å². The molecule has 2 heterocycles. The lowest BCUT2D eigenvalue weighted by Crippen LogP contribution is -2.32. The first-order valence-electron chi connectivity index (χ1n) is 6.56. The summed E-state index contributed by atoms with van der Waals surface area (Å²) in [5.41, 5.74) is 2.04. The van der Waals surface area contributed by atoms with Crippen molar-refractivity contribution >= 4 is 29.3 Å². The molecule has 1 aliphatic carbocycles. The molecule has 2 unspecified atom stereocenters. The lowest BCUT2D eigenvalue weighted by atomic mass is 10.1. The highest BCUT2D eigenvalue weighted by Crippen LogP contribution is 2.41. The average Bonchev–Trinajstić information content (AvgIpc) is 2.88. The monoisotopic (exact) mass is 290 g/mol. The van der Waals surface area contributed by atoms with Crippen LogP contribution < -0.4 is 10.6 Å². The van der Waals surface area contributed by atoms with Crippen LogP contribution in [-0.4, -0.2) is 35.0 Å². The first kappa shape index (κ1) is 13.3. The van der Waals surface area contributed by atoms with Crippen molar-refractivity contribution in [3.63, 3.8) is 0 Å². The fourth-order valence-corrected chi connectivity index (χ4v) is 3.04. The van der Waals surface area contributed by atoms with E-state index >= 15 is 0 Å². The predicted molar refractivity (Wildman–Crippen MR) is 77.9 cm³/mol. The third kappa shape index (κ3) is 2.03. The third-order valence-corrected chi connectivity index (χ3v) is 4.13. The van der Waals surface area contributed by atoms with Gasteiger partial charge in [0.15, 0.2) is 0 Å². The molecule has 6 heteroatoms. The topological polar surface area (TPSA) is 66.9 Å². The van der Waals surface area contributed by atoms with Gasteiger partial charge in [-0.3, -0.25) is 14.8 Å². The van der Waals surface area contributed by atoms with Crippen LogP contribution in [0.3, 0.4) is 0 Å². The molecule has 2 aromatic rings. The number of carbonyl (C=O) groups excluding carboxylic acids is 1. The number of hydrogen-bond acceptors (Lipinski definition) is 4. The molecule has 2 fully saturated rings. The Hall–Kier alpha value is -1.72. The number of nitrogens with one attached hydrogen (secondary N) is 2. The van der Waals surface area contributed by atoms with Gasteiger partial charge in [0.2, 0.25) is 0 Å². The Morgan fingerprint density at radius 3 is 2.75 bits per heavy atom. The Bertz CT molecular complexity index is 647. The molecule has 1 aliphatic heterocycles. The van der Waals surface area contributed by atoms with E-state index < -0.39 is 0 Å². The Morgan fingerprint density at radius 1 is 1.20 bits per heavy atom. The zero-order chi connectivity index (χ0) is 12.8. The highest BCUT2D eigenvalue weighted by atomic mass is 35.5. The van der Waals surface area contributed by atoms with Gasteiger partial charge in [-0.15, -0.1) is 12.4 Å². The molecule has 0 radical (unpaired) electrons. The third-order valence-electron chi connectivity index (χ3n) is 4.13. The van der Waals surface area contributed by atoms with Crippen LogP contribution in [0.15, 0.2) is 30.6 Å². The molecular weight excluding hydrogens is 276 g/mol.